The third kappa shape index (κ3) is 5.33. The first kappa shape index (κ1) is 19.6. The van der Waals surface area contributed by atoms with Gasteiger partial charge in [-0.1, -0.05) is 11.6 Å². The smallest absolute Gasteiger partial charge is 0.392 e. The van der Waals surface area contributed by atoms with Crippen LogP contribution < -0.4 is 5.32 Å². The molecule has 0 heterocycles. The molecule has 132 valence electrons. The van der Waals surface area contributed by atoms with E-state index in [4.69, 9.17) is 16.7 Å². The minimum atomic E-state index is -4.96. The lowest BCUT2D eigenvalue weighted by Crippen LogP contribution is -2.30. The van der Waals surface area contributed by atoms with E-state index in [-0.39, 0.29) is 0 Å². The van der Waals surface area contributed by atoms with Crippen molar-refractivity contribution < 1.29 is 37.2 Å². The second kappa shape index (κ2) is 7.43. The van der Waals surface area contributed by atoms with Gasteiger partial charge in [0.05, 0.1) is 22.9 Å². The van der Waals surface area contributed by atoms with Crippen LogP contribution in [-0.2, 0) is 9.59 Å². The average Bonchev–Trinajstić information content (AvgIpc) is 2.39. The molecule has 1 amide bonds. The third-order valence-electron chi connectivity index (χ3n) is 2.82. The Labute approximate surface area is 136 Å². The van der Waals surface area contributed by atoms with Crippen molar-refractivity contribution in [1.29, 1.82) is 0 Å². The third-order valence-corrected chi connectivity index (χ3v) is 3.13. The van der Waals surface area contributed by atoms with Gasteiger partial charge in [-0.3, -0.25) is 19.7 Å². The molecule has 1 rings (SSSR count). The molecule has 0 bridgehead atoms. The molecule has 1 unspecified atom stereocenters. The van der Waals surface area contributed by atoms with Crippen molar-refractivity contribution >= 4 is 34.9 Å². The molecule has 0 aliphatic heterocycles. The van der Waals surface area contributed by atoms with Gasteiger partial charge >= 0.3 is 12.1 Å². The highest BCUT2D eigenvalue weighted by Gasteiger charge is 2.42. The summed E-state index contributed by atoms with van der Waals surface area (Å²) >= 11 is 5.43. The van der Waals surface area contributed by atoms with Gasteiger partial charge in [0.15, 0.2) is 0 Å². The van der Waals surface area contributed by atoms with Crippen molar-refractivity contribution in [1.82, 2.24) is 0 Å². The fourth-order valence-electron chi connectivity index (χ4n) is 1.71. The molecule has 1 atom stereocenters. The standard InChI is InChI=1S/C12H9ClF4N2O5/c13-6-3-7(14)8(4-9(6)19(23)24)18-10(20)1-5(2-11(21)22)12(15,16)17/h3-5H,1-2H2,(H,18,20)(H,21,22). The van der Waals surface area contributed by atoms with Crippen LogP contribution in [0.4, 0.5) is 28.9 Å². The number of carboxylic acids is 1. The average molecular weight is 373 g/mol. The van der Waals surface area contributed by atoms with Gasteiger partial charge in [-0.15, -0.1) is 0 Å². The molecule has 0 radical (unpaired) electrons. The summed E-state index contributed by atoms with van der Waals surface area (Å²) in [7, 11) is 0. The molecular weight excluding hydrogens is 364 g/mol. The lowest BCUT2D eigenvalue weighted by molar-refractivity contribution is -0.384. The second-order valence-corrected chi connectivity index (χ2v) is 5.04. The van der Waals surface area contributed by atoms with E-state index in [1.54, 1.807) is 5.32 Å². The molecule has 1 aromatic rings. The topological polar surface area (TPSA) is 110 Å². The zero-order valence-electron chi connectivity index (χ0n) is 11.6. The molecular formula is C12H9ClF4N2O5. The van der Waals surface area contributed by atoms with Crippen molar-refractivity contribution in [2.75, 3.05) is 5.32 Å². The van der Waals surface area contributed by atoms with Gasteiger partial charge in [0.1, 0.15) is 10.8 Å². The van der Waals surface area contributed by atoms with Gasteiger partial charge in [-0.25, -0.2) is 4.39 Å². The minimum absolute atomic E-state index is 0.522. The van der Waals surface area contributed by atoms with Crippen molar-refractivity contribution in [3.05, 3.63) is 33.1 Å². The van der Waals surface area contributed by atoms with E-state index in [9.17, 15) is 37.3 Å². The van der Waals surface area contributed by atoms with Crippen LogP contribution >= 0.6 is 11.6 Å². The molecule has 0 fully saturated rings. The van der Waals surface area contributed by atoms with E-state index in [0.717, 1.165) is 0 Å². The Morgan fingerprint density at radius 3 is 2.38 bits per heavy atom. The van der Waals surface area contributed by atoms with Gasteiger partial charge in [-0.2, -0.15) is 13.2 Å². The van der Waals surface area contributed by atoms with Crippen LogP contribution in [0, 0.1) is 21.8 Å². The number of nitrogens with one attached hydrogen (secondary N) is 1. The number of anilines is 1. The SMILES string of the molecule is O=C(O)CC(CC(=O)Nc1cc([N+](=O)[O-])c(Cl)cc1F)C(F)(F)F. The number of nitro benzene ring substituents is 1. The molecule has 0 aromatic heterocycles. The number of hydrogen-bond acceptors (Lipinski definition) is 4. The Morgan fingerprint density at radius 1 is 1.33 bits per heavy atom. The van der Waals surface area contributed by atoms with Crippen molar-refractivity contribution in [3.63, 3.8) is 0 Å². The van der Waals surface area contributed by atoms with Gasteiger partial charge in [-0.05, 0) is 0 Å². The Bertz CT molecular complexity index is 680. The summed E-state index contributed by atoms with van der Waals surface area (Å²) in [6.07, 6.45) is -7.59. The Balaban J connectivity index is 2.96. The fourth-order valence-corrected chi connectivity index (χ4v) is 1.93. The van der Waals surface area contributed by atoms with Gasteiger partial charge in [0.25, 0.3) is 5.69 Å². The Hall–Kier alpha value is -2.43. The number of nitro groups is 1. The van der Waals surface area contributed by atoms with Crippen molar-refractivity contribution in [2.45, 2.75) is 19.0 Å². The Morgan fingerprint density at radius 2 is 1.92 bits per heavy atom. The van der Waals surface area contributed by atoms with E-state index < -0.39 is 64.0 Å². The van der Waals surface area contributed by atoms with E-state index >= 15 is 0 Å². The molecule has 24 heavy (non-hydrogen) atoms. The number of carbonyl (C=O) groups excluding carboxylic acids is 1. The zero-order chi connectivity index (χ0) is 18.7. The number of carbonyl (C=O) groups is 2. The molecule has 0 saturated carbocycles. The summed E-state index contributed by atoms with van der Waals surface area (Å²) in [6.45, 7) is 0. The first-order valence-electron chi connectivity index (χ1n) is 6.13. The largest absolute Gasteiger partial charge is 0.481 e. The fraction of sp³-hybridized carbons (Fsp3) is 0.333. The van der Waals surface area contributed by atoms with Gasteiger partial charge < -0.3 is 10.4 Å². The molecule has 0 saturated heterocycles. The molecule has 0 spiro atoms. The second-order valence-electron chi connectivity index (χ2n) is 4.63. The summed E-state index contributed by atoms with van der Waals surface area (Å²) in [6, 6.07) is 1.07. The monoisotopic (exact) mass is 372 g/mol. The normalized spacial score (nSPS) is 12.5. The summed E-state index contributed by atoms with van der Waals surface area (Å²) in [5.41, 5.74) is -1.50. The van der Waals surface area contributed by atoms with Crippen LogP contribution in [-0.4, -0.2) is 28.1 Å². The first-order chi connectivity index (χ1) is 10.9. The van der Waals surface area contributed by atoms with Gasteiger partial charge in [0.2, 0.25) is 5.91 Å². The summed E-state index contributed by atoms with van der Waals surface area (Å²) in [4.78, 5) is 31.7. The summed E-state index contributed by atoms with van der Waals surface area (Å²) < 4.78 is 51.6. The minimum Gasteiger partial charge on any atom is -0.481 e. The zero-order valence-corrected chi connectivity index (χ0v) is 12.3. The van der Waals surface area contributed by atoms with Crippen molar-refractivity contribution in [3.8, 4) is 0 Å². The van der Waals surface area contributed by atoms with E-state index in [2.05, 4.69) is 0 Å². The van der Waals surface area contributed by atoms with Crippen molar-refractivity contribution in [2.24, 2.45) is 5.92 Å². The molecule has 7 nitrogen and oxygen atoms in total. The predicted molar refractivity (Wildman–Crippen MR) is 73.1 cm³/mol. The molecule has 0 aliphatic carbocycles. The number of benzene rings is 1. The number of rotatable bonds is 6. The van der Waals surface area contributed by atoms with Gasteiger partial charge in [0, 0.05) is 18.6 Å². The molecule has 1 aromatic carbocycles. The lowest BCUT2D eigenvalue weighted by atomic mass is 10.0. The predicted octanol–water partition coefficient (Wildman–Crippen LogP) is 3.37. The maximum absolute atomic E-state index is 13.6. The highest BCUT2D eigenvalue weighted by molar-refractivity contribution is 6.32. The first-order valence-corrected chi connectivity index (χ1v) is 6.51. The lowest BCUT2D eigenvalue weighted by Gasteiger charge is -2.18. The number of aliphatic carboxylic acids is 1. The number of amides is 1. The van der Waals surface area contributed by atoms with E-state index in [1.807, 2.05) is 0 Å². The number of alkyl halides is 3. The van der Waals surface area contributed by atoms with Crippen LogP contribution in [0.25, 0.3) is 0 Å². The quantitative estimate of drug-likeness (QED) is 0.452. The molecule has 12 heteroatoms. The highest BCUT2D eigenvalue weighted by atomic mass is 35.5. The van der Waals surface area contributed by atoms with Crippen LogP contribution in [0.5, 0.6) is 0 Å². The summed E-state index contributed by atoms with van der Waals surface area (Å²) in [5.74, 6) is -6.80. The number of hydrogen-bond donors (Lipinski definition) is 2. The molecule has 0 aliphatic rings. The Kier molecular flexibility index (Phi) is 6.07. The van der Waals surface area contributed by atoms with Crippen LogP contribution in [0.3, 0.4) is 0 Å². The van der Waals surface area contributed by atoms with E-state index in [0.29, 0.717) is 12.1 Å². The number of carboxylic acid groups (broad SMARTS) is 1. The van der Waals surface area contributed by atoms with E-state index in [1.165, 1.54) is 0 Å². The van der Waals surface area contributed by atoms with Crippen LogP contribution in [0.2, 0.25) is 5.02 Å². The maximum atomic E-state index is 13.6. The molecule has 2 N–H and O–H groups in total. The highest BCUT2D eigenvalue weighted by Crippen LogP contribution is 2.33. The number of nitrogens with zero attached hydrogens (tertiary/aromatic N) is 1. The van der Waals surface area contributed by atoms with Crippen LogP contribution in [0.1, 0.15) is 12.8 Å². The number of halogens is 5. The maximum Gasteiger partial charge on any atom is 0.392 e. The summed E-state index contributed by atoms with van der Waals surface area (Å²) in [5, 5.41) is 20.3. The van der Waals surface area contributed by atoms with Crippen LogP contribution in [0.15, 0.2) is 12.1 Å².